The average molecular weight is 586 g/mol. The molecule has 1 aliphatic rings. The van der Waals surface area contributed by atoms with E-state index in [0.29, 0.717) is 63.3 Å². The molecule has 3 heterocycles. The molecule has 0 radical (unpaired) electrons. The highest BCUT2D eigenvalue weighted by molar-refractivity contribution is 6.33. The fourth-order valence-corrected chi connectivity index (χ4v) is 4.95. The number of rotatable bonds is 4. The number of H-pyrrole nitrogens is 1. The van der Waals surface area contributed by atoms with Crippen molar-refractivity contribution in [3.8, 4) is 16.9 Å². The van der Waals surface area contributed by atoms with Crippen LogP contribution in [0.15, 0.2) is 48.8 Å². The van der Waals surface area contributed by atoms with E-state index in [1.807, 2.05) is 0 Å². The Labute approximate surface area is 238 Å². The van der Waals surface area contributed by atoms with Crippen LogP contribution in [0.4, 0.5) is 5.69 Å². The summed E-state index contributed by atoms with van der Waals surface area (Å²) in [6.45, 7) is 0. The number of carbonyl (C=O) groups excluding carboxylic acids is 2. The highest BCUT2D eigenvalue weighted by atomic mass is 35.5. The molecular formula is C26H23Cl3N8O2. The van der Waals surface area contributed by atoms with Gasteiger partial charge >= 0.3 is 0 Å². The van der Waals surface area contributed by atoms with Crippen LogP contribution in [0.25, 0.3) is 23.0 Å². The number of benzene rings is 2. The van der Waals surface area contributed by atoms with Gasteiger partial charge in [-0.05, 0) is 65.7 Å². The number of halogens is 3. The number of hydrogen-bond donors (Lipinski definition) is 3. The van der Waals surface area contributed by atoms with Crippen LogP contribution in [0, 0.1) is 0 Å². The SMILES string of the molecule is O=C(/C=C/c1cc(Cl)ccc1-n1cnnn1)N[C@H]1CCCCCC(=O)Nc2ccc(Cl)cc2-c2nc1[nH]c2Cl. The zero-order valence-corrected chi connectivity index (χ0v) is 22.8. The highest BCUT2D eigenvalue weighted by Crippen LogP contribution is 2.36. The molecular weight excluding hydrogens is 563 g/mol. The minimum Gasteiger partial charge on any atom is -0.343 e. The van der Waals surface area contributed by atoms with Crippen LogP contribution in [-0.4, -0.2) is 42.0 Å². The first-order valence-electron chi connectivity index (χ1n) is 12.2. The molecule has 13 heteroatoms. The average Bonchev–Trinajstić information content (AvgIpc) is 3.57. The quantitative estimate of drug-likeness (QED) is 0.260. The molecule has 3 N–H and O–H groups in total. The molecule has 2 aromatic heterocycles. The zero-order valence-electron chi connectivity index (χ0n) is 20.5. The van der Waals surface area contributed by atoms with E-state index in [-0.39, 0.29) is 17.0 Å². The van der Waals surface area contributed by atoms with Crippen molar-refractivity contribution in [1.82, 2.24) is 35.5 Å². The molecule has 39 heavy (non-hydrogen) atoms. The number of nitrogens with one attached hydrogen (secondary N) is 3. The van der Waals surface area contributed by atoms with Gasteiger partial charge < -0.3 is 15.6 Å². The molecule has 4 aromatic rings. The number of hydrogen-bond acceptors (Lipinski definition) is 6. The fraction of sp³-hybridized carbons (Fsp3) is 0.231. The Hall–Kier alpha value is -3.73. The van der Waals surface area contributed by atoms with Crippen molar-refractivity contribution in [2.75, 3.05) is 5.32 Å². The van der Waals surface area contributed by atoms with Gasteiger partial charge in [-0.1, -0.05) is 47.6 Å². The summed E-state index contributed by atoms with van der Waals surface area (Å²) in [4.78, 5) is 33.4. The lowest BCUT2D eigenvalue weighted by molar-refractivity contribution is -0.117. The van der Waals surface area contributed by atoms with Gasteiger partial charge in [-0.25, -0.2) is 4.98 Å². The predicted molar refractivity (Wildman–Crippen MR) is 150 cm³/mol. The van der Waals surface area contributed by atoms with Crippen molar-refractivity contribution >= 4 is 58.4 Å². The van der Waals surface area contributed by atoms with Crippen molar-refractivity contribution in [2.24, 2.45) is 0 Å². The van der Waals surface area contributed by atoms with E-state index in [2.05, 4.69) is 31.1 Å². The lowest BCUT2D eigenvalue weighted by atomic mass is 10.1. The molecule has 5 rings (SSSR count). The Kier molecular flexibility index (Phi) is 8.25. The first-order valence-corrected chi connectivity index (χ1v) is 13.4. The molecule has 10 nitrogen and oxygen atoms in total. The van der Waals surface area contributed by atoms with Crippen LogP contribution in [0.1, 0.15) is 49.5 Å². The van der Waals surface area contributed by atoms with E-state index in [1.54, 1.807) is 42.5 Å². The minimum absolute atomic E-state index is 0.0956. The molecule has 1 aliphatic heterocycles. The summed E-state index contributed by atoms with van der Waals surface area (Å²) in [6, 6.07) is 9.88. The number of fused-ring (bicyclic) bond motifs is 4. The molecule has 2 bridgehead atoms. The van der Waals surface area contributed by atoms with E-state index in [9.17, 15) is 9.59 Å². The number of carbonyl (C=O) groups is 2. The van der Waals surface area contributed by atoms with Gasteiger partial charge in [0.15, 0.2) is 0 Å². The summed E-state index contributed by atoms with van der Waals surface area (Å²) in [5.41, 5.74) is 2.91. The standard InChI is InChI=1S/C26H23Cl3N8O2/c27-16-8-10-21(37-14-30-35-36-37)15(12-16)6-11-23(39)32-20-4-2-1-3-5-22(38)31-19-9-7-17(28)13-18(19)24-25(29)34-26(20)33-24/h6-14,20H,1-5H2,(H,31,38)(H,32,39)(H,33,34)/b11-6+/t20-/m0/s1. The Morgan fingerprint density at radius 2 is 1.90 bits per heavy atom. The molecule has 0 unspecified atom stereocenters. The first-order chi connectivity index (χ1) is 18.9. The van der Waals surface area contributed by atoms with Crippen LogP contribution in [0.5, 0.6) is 0 Å². The number of imidazole rings is 1. The highest BCUT2D eigenvalue weighted by Gasteiger charge is 2.23. The fourth-order valence-electron chi connectivity index (χ4n) is 4.36. The molecule has 0 fully saturated rings. The van der Waals surface area contributed by atoms with E-state index in [4.69, 9.17) is 39.8 Å². The predicted octanol–water partition coefficient (Wildman–Crippen LogP) is 5.79. The van der Waals surface area contributed by atoms with Crippen LogP contribution in [0.2, 0.25) is 15.2 Å². The zero-order chi connectivity index (χ0) is 27.4. The van der Waals surface area contributed by atoms with Crippen molar-refractivity contribution in [3.63, 3.8) is 0 Å². The maximum Gasteiger partial charge on any atom is 0.244 e. The molecule has 1 atom stereocenters. The number of aromatic amines is 1. The van der Waals surface area contributed by atoms with Gasteiger partial charge in [-0.3, -0.25) is 9.59 Å². The second-order valence-electron chi connectivity index (χ2n) is 8.97. The number of amides is 2. The van der Waals surface area contributed by atoms with Gasteiger partial charge in [0.1, 0.15) is 23.0 Å². The number of aromatic nitrogens is 6. The monoisotopic (exact) mass is 584 g/mol. The lowest BCUT2D eigenvalue weighted by Crippen LogP contribution is -2.27. The molecule has 0 saturated carbocycles. The number of anilines is 1. The van der Waals surface area contributed by atoms with E-state index in [1.165, 1.54) is 17.1 Å². The number of tetrazole rings is 1. The first kappa shape index (κ1) is 26.9. The maximum atomic E-state index is 13.1. The second-order valence-corrected chi connectivity index (χ2v) is 10.2. The van der Waals surface area contributed by atoms with E-state index in [0.717, 1.165) is 12.8 Å². The smallest absolute Gasteiger partial charge is 0.244 e. The van der Waals surface area contributed by atoms with Gasteiger partial charge in [0.2, 0.25) is 11.8 Å². The summed E-state index contributed by atoms with van der Waals surface area (Å²) >= 11 is 19.0. The van der Waals surface area contributed by atoms with Crippen molar-refractivity contribution in [3.05, 3.63) is 75.4 Å². The summed E-state index contributed by atoms with van der Waals surface area (Å²) in [5, 5.41) is 18.5. The number of nitrogens with zero attached hydrogens (tertiary/aromatic N) is 5. The Morgan fingerprint density at radius 1 is 1.08 bits per heavy atom. The molecule has 0 aliphatic carbocycles. The van der Waals surface area contributed by atoms with E-state index >= 15 is 0 Å². The topological polar surface area (TPSA) is 130 Å². The van der Waals surface area contributed by atoms with Gasteiger partial charge in [-0.2, -0.15) is 4.68 Å². The third-order valence-electron chi connectivity index (χ3n) is 6.23. The van der Waals surface area contributed by atoms with Crippen LogP contribution < -0.4 is 10.6 Å². The summed E-state index contributed by atoms with van der Waals surface area (Å²) < 4.78 is 1.49. The summed E-state index contributed by atoms with van der Waals surface area (Å²) in [5.74, 6) is 0.0773. The molecule has 2 amide bonds. The summed E-state index contributed by atoms with van der Waals surface area (Å²) in [7, 11) is 0. The van der Waals surface area contributed by atoms with Crippen molar-refractivity contribution in [1.29, 1.82) is 0 Å². The largest absolute Gasteiger partial charge is 0.343 e. The minimum atomic E-state index is -0.446. The summed E-state index contributed by atoms with van der Waals surface area (Å²) in [6.07, 6.45) is 7.80. The Balaban J connectivity index is 1.42. The molecule has 0 saturated heterocycles. The molecule has 200 valence electrons. The van der Waals surface area contributed by atoms with Gasteiger partial charge in [0.25, 0.3) is 0 Å². The van der Waals surface area contributed by atoms with Crippen LogP contribution >= 0.6 is 34.8 Å². The third-order valence-corrected chi connectivity index (χ3v) is 6.98. The van der Waals surface area contributed by atoms with Gasteiger partial charge in [0, 0.05) is 33.7 Å². The molecule has 2 aromatic carbocycles. The van der Waals surface area contributed by atoms with Crippen LogP contribution in [-0.2, 0) is 9.59 Å². The Bertz CT molecular complexity index is 1530. The van der Waals surface area contributed by atoms with E-state index < -0.39 is 6.04 Å². The molecule has 0 spiro atoms. The second kappa shape index (κ2) is 12.0. The van der Waals surface area contributed by atoms with Crippen molar-refractivity contribution in [2.45, 2.75) is 38.1 Å². The van der Waals surface area contributed by atoms with Crippen molar-refractivity contribution < 1.29 is 9.59 Å². The van der Waals surface area contributed by atoms with Gasteiger partial charge in [-0.15, -0.1) is 5.10 Å². The van der Waals surface area contributed by atoms with Gasteiger partial charge in [0.05, 0.1) is 17.4 Å². The lowest BCUT2D eigenvalue weighted by Gasteiger charge is -2.16. The van der Waals surface area contributed by atoms with Crippen LogP contribution in [0.3, 0.4) is 0 Å². The Morgan fingerprint density at radius 3 is 2.72 bits per heavy atom. The maximum absolute atomic E-state index is 13.1. The third kappa shape index (κ3) is 6.47. The normalized spacial score (nSPS) is 16.1.